The first kappa shape index (κ1) is 11.9. The molecule has 0 aliphatic carbocycles. The van der Waals surface area contributed by atoms with Crippen molar-refractivity contribution in [3.63, 3.8) is 0 Å². The van der Waals surface area contributed by atoms with E-state index in [1.807, 2.05) is 12.1 Å². The molecule has 0 bridgehead atoms. The smallest absolute Gasteiger partial charge is 0.423 e. The van der Waals surface area contributed by atoms with Crippen LogP contribution in [0.25, 0.3) is 0 Å². The number of benzene rings is 1. The van der Waals surface area contributed by atoms with E-state index in [0.717, 1.165) is 31.5 Å². The lowest BCUT2D eigenvalue weighted by Gasteiger charge is -2.23. The third-order valence-electron chi connectivity index (χ3n) is 3.01. The average molecular weight is 240 g/mol. The topological polar surface area (TPSA) is 52.5 Å². The summed E-state index contributed by atoms with van der Waals surface area (Å²) in [7, 11) is -1.45. The molecule has 3 N–H and O–H groups in total. The van der Waals surface area contributed by atoms with Crippen LogP contribution in [0.3, 0.4) is 0 Å². The number of nitrogens with one attached hydrogen (secondary N) is 1. The minimum absolute atomic E-state index is 0.421. The quantitative estimate of drug-likeness (QED) is 0.658. The molecule has 3 nitrogen and oxygen atoms in total. The van der Waals surface area contributed by atoms with Gasteiger partial charge >= 0.3 is 7.12 Å². The summed E-state index contributed by atoms with van der Waals surface area (Å²) in [6.07, 6.45) is 2.27. The monoisotopic (exact) mass is 239 g/mol. The van der Waals surface area contributed by atoms with Gasteiger partial charge in [0, 0.05) is 11.6 Å². The SMILES string of the molecule is OB(O)c1cc(Cl)cc(C2CCCNC2)c1. The van der Waals surface area contributed by atoms with Crippen LogP contribution in [-0.4, -0.2) is 30.3 Å². The Morgan fingerprint density at radius 1 is 1.31 bits per heavy atom. The van der Waals surface area contributed by atoms with E-state index in [0.29, 0.717) is 16.4 Å². The van der Waals surface area contributed by atoms with Gasteiger partial charge in [-0.05, 0) is 48.5 Å². The molecule has 1 fully saturated rings. The van der Waals surface area contributed by atoms with Crippen molar-refractivity contribution in [1.82, 2.24) is 5.32 Å². The highest BCUT2D eigenvalue weighted by atomic mass is 35.5. The zero-order chi connectivity index (χ0) is 11.5. The van der Waals surface area contributed by atoms with Crippen molar-refractivity contribution in [2.75, 3.05) is 13.1 Å². The standard InChI is InChI=1S/C11H15BClNO2/c13-11-5-9(4-10(6-11)12(15)16)8-2-1-3-14-7-8/h4-6,8,14-16H,1-3,7H2. The summed E-state index contributed by atoms with van der Waals surface area (Å²) < 4.78 is 0. The van der Waals surface area contributed by atoms with Crippen molar-refractivity contribution in [3.05, 3.63) is 28.8 Å². The molecule has 0 aromatic heterocycles. The fourth-order valence-electron chi connectivity index (χ4n) is 2.16. The molecule has 86 valence electrons. The number of rotatable bonds is 2. The van der Waals surface area contributed by atoms with Gasteiger partial charge in [0.1, 0.15) is 0 Å². The number of hydrogen-bond donors (Lipinski definition) is 3. The lowest BCUT2D eigenvalue weighted by atomic mass is 9.78. The Morgan fingerprint density at radius 3 is 2.75 bits per heavy atom. The molecule has 5 heteroatoms. The van der Waals surface area contributed by atoms with Crippen molar-refractivity contribution in [2.45, 2.75) is 18.8 Å². The van der Waals surface area contributed by atoms with Crippen LogP contribution in [0.1, 0.15) is 24.3 Å². The minimum Gasteiger partial charge on any atom is -0.423 e. The number of halogens is 1. The molecule has 1 aliphatic heterocycles. The van der Waals surface area contributed by atoms with Crippen molar-refractivity contribution < 1.29 is 10.0 Å². The van der Waals surface area contributed by atoms with E-state index in [1.165, 1.54) is 0 Å². The van der Waals surface area contributed by atoms with Gasteiger partial charge in [0.2, 0.25) is 0 Å². The van der Waals surface area contributed by atoms with Gasteiger partial charge in [-0.2, -0.15) is 0 Å². The first-order valence-corrected chi connectivity index (χ1v) is 5.92. The molecular weight excluding hydrogens is 224 g/mol. The Kier molecular flexibility index (Phi) is 3.87. The van der Waals surface area contributed by atoms with E-state index < -0.39 is 7.12 Å². The molecule has 1 atom stereocenters. The summed E-state index contributed by atoms with van der Waals surface area (Å²) >= 11 is 5.97. The van der Waals surface area contributed by atoms with E-state index in [1.54, 1.807) is 6.07 Å². The van der Waals surface area contributed by atoms with Crippen LogP contribution in [0.4, 0.5) is 0 Å². The van der Waals surface area contributed by atoms with Crippen molar-refractivity contribution in [2.24, 2.45) is 0 Å². The van der Waals surface area contributed by atoms with Gasteiger partial charge in [-0.15, -0.1) is 0 Å². The van der Waals surface area contributed by atoms with E-state index >= 15 is 0 Å². The number of piperidine rings is 1. The summed E-state index contributed by atoms with van der Waals surface area (Å²) in [6.45, 7) is 1.99. The van der Waals surface area contributed by atoms with Gasteiger partial charge in [-0.25, -0.2) is 0 Å². The molecule has 1 saturated heterocycles. The molecule has 0 amide bonds. The molecular formula is C11H15BClNO2. The fraction of sp³-hybridized carbons (Fsp3) is 0.455. The maximum absolute atomic E-state index is 9.15. The molecule has 0 radical (unpaired) electrons. The van der Waals surface area contributed by atoms with E-state index in [4.69, 9.17) is 21.6 Å². The minimum atomic E-state index is -1.45. The summed E-state index contributed by atoms with van der Waals surface area (Å²) in [5.74, 6) is 0.421. The molecule has 0 saturated carbocycles. The average Bonchev–Trinajstić information content (AvgIpc) is 2.29. The predicted molar refractivity (Wildman–Crippen MR) is 66.1 cm³/mol. The maximum atomic E-state index is 9.15. The van der Waals surface area contributed by atoms with E-state index in [2.05, 4.69) is 5.32 Å². The number of hydrogen-bond acceptors (Lipinski definition) is 3. The summed E-state index contributed by atoms with van der Waals surface area (Å²) in [5, 5.41) is 22.2. The molecule has 1 aromatic carbocycles. The highest BCUT2D eigenvalue weighted by Gasteiger charge is 2.19. The van der Waals surface area contributed by atoms with Gasteiger partial charge in [0.25, 0.3) is 0 Å². The third kappa shape index (κ3) is 2.77. The molecule has 0 spiro atoms. The molecule has 1 aromatic rings. The Bertz CT molecular complexity index is 367. The fourth-order valence-corrected chi connectivity index (χ4v) is 2.41. The van der Waals surface area contributed by atoms with Gasteiger partial charge in [0.05, 0.1) is 0 Å². The van der Waals surface area contributed by atoms with Crippen LogP contribution in [0.5, 0.6) is 0 Å². The zero-order valence-corrected chi connectivity index (χ0v) is 9.74. The van der Waals surface area contributed by atoms with Crippen molar-refractivity contribution in [3.8, 4) is 0 Å². The predicted octanol–water partition coefficient (Wildman–Crippen LogP) is 0.487. The molecule has 16 heavy (non-hydrogen) atoms. The second-order valence-electron chi connectivity index (χ2n) is 4.23. The van der Waals surface area contributed by atoms with Gasteiger partial charge in [-0.3, -0.25) is 0 Å². The Morgan fingerprint density at radius 2 is 2.12 bits per heavy atom. The zero-order valence-electron chi connectivity index (χ0n) is 8.99. The van der Waals surface area contributed by atoms with E-state index in [9.17, 15) is 0 Å². The van der Waals surface area contributed by atoms with Gasteiger partial charge in [0.15, 0.2) is 0 Å². The van der Waals surface area contributed by atoms with Crippen LogP contribution >= 0.6 is 11.6 Å². The van der Waals surface area contributed by atoms with Crippen LogP contribution in [0, 0.1) is 0 Å². The molecule has 2 rings (SSSR count). The normalized spacial score (nSPS) is 20.8. The Hall–Kier alpha value is -0.545. The molecule has 1 heterocycles. The molecule has 1 unspecified atom stereocenters. The summed E-state index contributed by atoms with van der Waals surface area (Å²) in [5.41, 5.74) is 1.55. The van der Waals surface area contributed by atoms with Gasteiger partial charge in [-0.1, -0.05) is 17.7 Å². The summed E-state index contributed by atoms with van der Waals surface area (Å²) in [6, 6.07) is 5.32. The maximum Gasteiger partial charge on any atom is 0.488 e. The van der Waals surface area contributed by atoms with Crippen molar-refractivity contribution >= 4 is 24.2 Å². The lowest BCUT2D eigenvalue weighted by molar-refractivity contribution is 0.425. The van der Waals surface area contributed by atoms with Crippen LogP contribution < -0.4 is 10.8 Å². The van der Waals surface area contributed by atoms with Crippen LogP contribution in [-0.2, 0) is 0 Å². The third-order valence-corrected chi connectivity index (χ3v) is 3.23. The van der Waals surface area contributed by atoms with Crippen LogP contribution in [0.2, 0.25) is 5.02 Å². The lowest BCUT2D eigenvalue weighted by Crippen LogP contribution is -2.32. The summed E-state index contributed by atoms with van der Waals surface area (Å²) in [4.78, 5) is 0. The van der Waals surface area contributed by atoms with Crippen LogP contribution in [0.15, 0.2) is 18.2 Å². The Labute approximate surface area is 101 Å². The van der Waals surface area contributed by atoms with Gasteiger partial charge < -0.3 is 15.4 Å². The molecule has 1 aliphatic rings. The van der Waals surface area contributed by atoms with Crippen molar-refractivity contribution in [1.29, 1.82) is 0 Å². The second kappa shape index (κ2) is 5.19. The van der Waals surface area contributed by atoms with E-state index in [-0.39, 0.29) is 0 Å². The second-order valence-corrected chi connectivity index (χ2v) is 4.67. The Balaban J connectivity index is 2.25. The first-order valence-electron chi connectivity index (χ1n) is 5.54. The largest absolute Gasteiger partial charge is 0.488 e. The first-order chi connectivity index (χ1) is 7.66. The highest BCUT2D eigenvalue weighted by molar-refractivity contribution is 6.59. The highest BCUT2D eigenvalue weighted by Crippen LogP contribution is 2.24.